The molecule has 33 heavy (non-hydrogen) atoms. The van der Waals surface area contributed by atoms with E-state index in [-0.39, 0.29) is 5.82 Å². The highest BCUT2D eigenvalue weighted by molar-refractivity contribution is 7.69. The monoisotopic (exact) mass is 563 g/mol. The van der Waals surface area contributed by atoms with Crippen molar-refractivity contribution in [2.24, 2.45) is 0 Å². The van der Waals surface area contributed by atoms with Crippen LogP contribution < -0.4 is 11.4 Å². The quantitative estimate of drug-likeness (QED) is 0.141. The van der Waals surface area contributed by atoms with E-state index in [9.17, 15) is 43.1 Å². The lowest BCUT2D eigenvalue weighted by Gasteiger charge is -2.20. The minimum absolute atomic E-state index is 0.156. The van der Waals surface area contributed by atoms with Gasteiger partial charge in [0.15, 0.2) is 6.23 Å². The average molecular weight is 563 g/mol. The lowest BCUT2D eigenvalue weighted by molar-refractivity contribution is -0.0541. The van der Waals surface area contributed by atoms with E-state index in [2.05, 4.69) is 22.4 Å². The first-order valence-corrected chi connectivity index (χ1v) is 14.0. The van der Waals surface area contributed by atoms with E-state index in [1.165, 1.54) is 0 Å². The maximum Gasteiger partial charge on any atom is 0.490 e. The molecule has 1 saturated heterocycles. The van der Waals surface area contributed by atoms with Crippen molar-refractivity contribution in [3.05, 3.63) is 22.7 Å². The Kier molecular flexibility index (Phi) is 8.60. The number of nitrogens with zero attached hydrogens (tertiary/aromatic N) is 2. The number of rotatable bonds is 10. The van der Waals surface area contributed by atoms with Crippen molar-refractivity contribution in [3.63, 3.8) is 0 Å². The number of aliphatic hydroxyl groups is 2. The highest BCUT2D eigenvalue weighted by Crippen LogP contribution is 2.70. The van der Waals surface area contributed by atoms with Gasteiger partial charge < -0.3 is 45.2 Å². The summed E-state index contributed by atoms with van der Waals surface area (Å²) in [5.41, 5.74) is 4.35. The summed E-state index contributed by atoms with van der Waals surface area (Å²) in [6, 6.07) is 1.16. The number of aliphatic hydroxyl groups excluding tert-OH is 2. The van der Waals surface area contributed by atoms with Gasteiger partial charge in [-0.1, -0.05) is 0 Å². The van der Waals surface area contributed by atoms with Crippen molar-refractivity contribution >= 4 is 37.1 Å². The standard InChI is InChI=1S/C9H17N3O17P4/c10-5-1-2-12(9(15)11-5)8-7(14)6(13)4(26-8)3-25-31(19,20)28-33(23,24)29-32(21,22)27-30(16,17)18/h1-2,4,6-8,13-14H,3H2,(H,19,20)(H,21,22)(H,23,24)(H2,10,11,15)(H2,16,17,18)/t4-,6-,7-,8-/m1/s1. The van der Waals surface area contributed by atoms with Crippen LogP contribution in [0.3, 0.4) is 0 Å². The summed E-state index contributed by atoms with van der Waals surface area (Å²) in [5, 5.41) is 20.1. The molecule has 3 unspecified atom stereocenters. The molecule has 1 aliphatic rings. The molecule has 0 saturated carbocycles. The SMILES string of the molecule is Nc1ccn([C@@H]2O[C@H](COP(=O)(O)OP(=O)(O)OP(=O)(O)OP(=O)(O)O)[C@@H](O)[C@H]2O)c(=O)n1. The van der Waals surface area contributed by atoms with Crippen LogP contribution in [0.4, 0.5) is 5.82 Å². The fourth-order valence-corrected chi connectivity index (χ4v) is 6.79. The van der Waals surface area contributed by atoms with Gasteiger partial charge in [-0.05, 0) is 6.07 Å². The molecule has 2 heterocycles. The van der Waals surface area contributed by atoms with E-state index in [1.807, 2.05) is 0 Å². The minimum Gasteiger partial charge on any atom is -0.387 e. The zero-order valence-corrected chi connectivity index (χ0v) is 19.2. The molecule has 7 atom stereocenters. The van der Waals surface area contributed by atoms with Crippen LogP contribution in [0.2, 0.25) is 0 Å². The second kappa shape index (κ2) is 10.0. The topological polar surface area (TPSA) is 317 Å². The molecule has 0 spiro atoms. The van der Waals surface area contributed by atoms with E-state index in [0.717, 1.165) is 16.8 Å². The van der Waals surface area contributed by atoms with Crippen molar-refractivity contribution in [2.45, 2.75) is 24.5 Å². The lowest BCUT2D eigenvalue weighted by atomic mass is 10.1. The van der Waals surface area contributed by atoms with Gasteiger partial charge in [-0.2, -0.15) is 17.9 Å². The van der Waals surface area contributed by atoms with E-state index in [0.29, 0.717) is 0 Å². The summed E-state index contributed by atoms with van der Waals surface area (Å²) in [6.07, 6.45) is -5.71. The molecule has 9 N–H and O–H groups in total. The van der Waals surface area contributed by atoms with Gasteiger partial charge in [-0.25, -0.2) is 23.1 Å². The molecule has 0 bridgehead atoms. The number of hydrogen-bond donors (Lipinski definition) is 8. The number of nitrogen functional groups attached to an aromatic ring is 1. The van der Waals surface area contributed by atoms with Crippen molar-refractivity contribution in [2.75, 3.05) is 12.3 Å². The van der Waals surface area contributed by atoms with Crippen LogP contribution in [0.25, 0.3) is 0 Å². The van der Waals surface area contributed by atoms with Crippen LogP contribution in [0.15, 0.2) is 17.1 Å². The molecule has 0 aromatic carbocycles. The summed E-state index contributed by atoms with van der Waals surface area (Å²) < 4.78 is 65.8. The molecule has 0 radical (unpaired) electrons. The Balaban J connectivity index is 2.03. The van der Waals surface area contributed by atoms with E-state index in [4.69, 9.17) is 25.2 Å². The van der Waals surface area contributed by atoms with Crippen molar-refractivity contribution in [1.82, 2.24) is 9.55 Å². The third-order valence-corrected chi connectivity index (χ3v) is 8.94. The Hall–Kier alpha value is -0.880. The maximum atomic E-state index is 11.8. The predicted molar refractivity (Wildman–Crippen MR) is 99.6 cm³/mol. The first-order valence-electron chi connectivity index (χ1n) is 8.00. The Morgan fingerprint density at radius 1 is 0.970 bits per heavy atom. The molecule has 1 aliphatic heterocycles. The molecule has 24 heteroatoms. The third-order valence-electron chi connectivity index (χ3n) is 3.49. The summed E-state index contributed by atoms with van der Waals surface area (Å²) in [4.78, 5) is 59.8. The smallest absolute Gasteiger partial charge is 0.387 e. The number of phosphoric ester groups is 1. The third kappa shape index (κ3) is 8.38. The number of hydrogen-bond acceptors (Lipinski definition) is 14. The largest absolute Gasteiger partial charge is 0.490 e. The van der Waals surface area contributed by atoms with Gasteiger partial charge in [-0.3, -0.25) is 9.09 Å². The van der Waals surface area contributed by atoms with Crippen molar-refractivity contribution in [1.29, 1.82) is 0 Å². The van der Waals surface area contributed by atoms with E-state index in [1.54, 1.807) is 0 Å². The van der Waals surface area contributed by atoms with E-state index >= 15 is 0 Å². The van der Waals surface area contributed by atoms with Gasteiger partial charge in [-0.15, -0.1) is 0 Å². The first-order chi connectivity index (χ1) is 14.8. The lowest BCUT2D eigenvalue weighted by Crippen LogP contribution is -2.36. The van der Waals surface area contributed by atoms with Crippen LogP contribution >= 0.6 is 31.3 Å². The predicted octanol–water partition coefficient (Wildman–Crippen LogP) is -2.10. The maximum absolute atomic E-state index is 11.8. The fourth-order valence-electron chi connectivity index (χ4n) is 2.33. The molecule has 1 fully saturated rings. The number of ether oxygens (including phenoxy) is 1. The van der Waals surface area contributed by atoms with Gasteiger partial charge >= 0.3 is 37.0 Å². The van der Waals surface area contributed by atoms with Gasteiger partial charge in [0.25, 0.3) is 0 Å². The number of anilines is 1. The van der Waals surface area contributed by atoms with Crippen LogP contribution in [0, 0.1) is 0 Å². The molecule has 1 aromatic rings. The molecular weight excluding hydrogens is 546 g/mol. The van der Waals surface area contributed by atoms with Crippen LogP contribution in [-0.2, 0) is 40.5 Å². The van der Waals surface area contributed by atoms with Gasteiger partial charge in [0.05, 0.1) is 6.61 Å². The van der Waals surface area contributed by atoms with Gasteiger partial charge in [0, 0.05) is 6.20 Å². The molecule has 0 aliphatic carbocycles. The zero-order valence-electron chi connectivity index (χ0n) is 15.6. The number of phosphoric acid groups is 4. The van der Waals surface area contributed by atoms with Crippen molar-refractivity contribution in [3.8, 4) is 0 Å². The second-order valence-corrected chi connectivity index (χ2v) is 12.0. The van der Waals surface area contributed by atoms with E-state index < -0.39 is 68.1 Å². The fraction of sp³-hybridized carbons (Fsp3) is 0.556. The highest BCUT2D eigenvalue weighted by Gasteiger charge is 2.48. The summed E-state index contributed by atoms with van der Waals surface area (Å²) in [7, 11) is -23.3. The number of nitrogens with two attached hydrogens (primary N) is 1. The van der Waals surface area contributed by atoms with Crippen LogP contribution in [-0.4, -0.2) is 69.1 Å². The highest BCUT2D eigenvalue weighted by atomic mass is 31.3. The minimum atomic E-state index is -6.02. The molecule has 20 nitrogen and oxygen atoms in total. The summed E-state index contributed by atoms with van der Waals surface area (Å²) in [5.74, 6) is -0.156. The molecular formula is C9H17N3O17P4. The summed E-state index contributed by atoms with van der Waals surface area (Å²) >= 11 is 0. The average Bonchev–Trinajstić information content (AvgIpc) is 2.84. The molecule has 190 valence electrons. The Morgan fingerprint density at radius 2 is 1.52 bits per heavy atom. The molecule has 2 rings (SSSR count). The second-order valence-electron chi connectivity index (χ2n) is 6.03. The van der Waals surface area contributed by atoms with Crippen LogP contribution in [0.1, 0.15) is 6.23 Å². The Morgan fingerprint density at radius 3 is 2.06 bits per heavy atom. The number of aromatic nitrogens is 2. The Bertz CT molecular complexity index is 1120. The van der Waals surface area contributed by atoms with Crippen LogP contribution in [0.5, 0.6) is 0 Å². The summed E-state index contributed by atoms with van der Waals surface area (Å²) in [6.45, 7) is -1.12. The van der Waals surface area contributed by atoms with Crippen molar-refractivity contribution < 1.29 is 75.1 Å². The first kappa shape index (κ1) is 28.4. The zero-order chi connectivity index (χ0) is 25.4. The molecule has 0 amide bonds. The Labute approximate surface area is 182 Å². The van der Waals surface area contributed by atoms with Gasteiger partial charge in [0.2, 0.25) is 0 Å². The normalized spacial score (nSPS) is 29.2. The molecule has 1 aromatic heterocycles. The van der Waals surface area contributed by atoms with Gasteiger partial charge in [0.1, 0.15) is 24.1 Å².